The molecule has 1 heterocycles. The van der Waals surface area contributed by atoms with Crippen molar-refractivity contribution in [3.63, 3.8) is 0 Å². The minimum Gasteiger partial charge on any atom is -0.497 e. The molecule has 5 aromatic rings. The number of rotatable bonds is 11. The molecule has 0 radical (unpaired) electrons. The standard InChI is InChI=1S/C37H34N4O4S2/c1-23-13-17-27(18-14-23)33-24(2)47-37(40-33)41-34(42)25(3)46-31-12-8-11-29(22-31)38-36(44)32(21-26-15-19-30(45-4)20-16-26)39-35(43)28-9-6-5-7-10-28/h5-22,25H,1-4H3,(H,38,44)(H,39,43)(H,40,41,42)/b32-21+. The zero-order chi connectivity index (χ0) is 33.3. The minimum atomic E-state index is -0.499. The Labute approximate surface area is 282 Å². The summed E-state index contributed by atoms with van der Waals surface area (Å²) in [5.74, 6) is -0.415. The molecule has 0 fully saturated rings. The van der Waals surface area contributed by atoms with Gasteiger partial charge in [-0.2, -0.15) is 0 Å². The molecule has 0 aliphatic carbocycles. The van der Waals surface area contributed by atoms with Crippen LogP contribution in [-0.4, -0.2) is 35.1 Å². The fourth-order valence-electron chi connectivity index (χ4n) is 4.55. The Hall–Kier alpha value is -5.19. The van der Waals surface area contributed by atoms with Crippen LogP contribution in [0.2, 0.25) is 0 Å². The molecule has 10 heteroatoms. The van der Waals surface area contributed by atoms with E-state index in [1.807, 2.05) is 57.2 Å². The normalized spacial score (nSPS) is 11.8. The van der Waals surface area contributed by atoms with E-state index in [1.165, 1.54) is 28.7 Å². The summed E-state index contributed by atoms with van der Waals surface area (Å²) in [6.07, 6.45) is 1.60. The zero-order valence-electron chi connectivity index (χ0n) is 26.4. The average Bonchev–Trinajstić information content (AvgIpc) is 3.44. The Balaban J connectivity index is 1.26. The van der Waals surface area contributed by atoms with Crippen LogP contribution >= 0.6 is 23.1 Å². The number of carbonyl (C=O) groups is 3. The topological polar surface area (TPSA) is 109 Å². The van der Waals surface area contributed by atoms with E-state index in [9.17, 15) is 14.4 Å². The summed E-state index contributed by atoms with van der Waals surface area (Å²) in [6.45, 7) is 5.85. The largest absolute Gasteiger partial charge is 0.497 e. The number of nitrogens with zero attached hydrogens (tertiary/aromatic N) is 1. The Bertz CT molecular complexity index is 1900. The summed E-state index contributed by atoms with van der Waals surface area (Å²) >= 11 is 2.80. The highest BCUT2D eigenvalue weighted by Crippen LogP contribution is 2.32. The number of anilines is 2. The first-order valence-electron chi connectivity index (χ1n) is 14.8. The number of hydrogen-bond donors (Lipinski definition) is 3. The first-order valence-corrected chi connectivity index (χ1v) is 16.5. The van der Waals surface area contributed by atoms with Crippen LogP contribution in [0.4, 0.5) is 10.8 Å². The third-order valence-corrected chi connectivity index (χ3v) is 9.06. The van der Waals surface area contributed by atoms with Gasteiger partial charge in [-0.05, 0) is 74.9 Å². The number of benzene rings is 4. The van der Waals surface area contributed by atoms with Crippen molar-refractivity contribution in [2.24, 2.45) is 0 Å². The van der Waals surface area contributed by atoms with Gasteiger partial charge in [-0.15, -0.1) is 23.1 Å². The number of methoxy groups -OCH3 is 1. The number of amides is 3. The van der Waals surface area contributed by atoms with E-state index in [1.54, 1.807) is 79.9 Å². The number of ether oxygens (including phenoxy) is 1. The molecule has 0 aliphatic heterocycles. The van der Waals surface area contributed by atoms with Gasteiger partial charge in [0, 0.05) is 26.6 Å². The summed E-state index contributed by atoms with van der Waals surface area (Å²) in [5, 5.41) is 8.69. The summed E-state index contributed by atoms with van der Waals surface area (Å²) in [7, 11) is 1.58. The number of thiazole rings is 1. The van der Waals surface area contributed by atoms with Gasteiger partial charge in [-0.3, -0.25) is 14.4 Å². The molecule has 1 aromatic heterocycles. The van der Waals surface area contributed by atoms with Crippen molar-refractivity contribution in [2.45, 2.75) is 30.9 Å². The van der Waals surface area contributed by atoms with Crippen LogP contribution < -0.4 is 20.7 Å². The second-order valence-corrected chi connectivity index (χ2v) is 13.3. The van der Waals surface area contributed by atoms with Crippen molar-refractivity contribution >= 4 is 57.7 Å². The van der Waals surface area contributed by atoms with Crippen LogP contribution in [0.3, 0.4) is 0 Å². The van der Waals surface area contributed by atoms with E-state index in [4.69, 9.17) is 4.74 Å². The van der Waals surface area contributed by atoms with Crippen LogP contribution in [0, 0.1) is 13.8 Å². The Morgan fingerprint density at radius 2 is 1.60 bits per heavy atom. The number of nitrogens with one attached hydrogen (secondary N) is 3. The second-order valence-electron chi connectivity index (χ2n) is 10.7. The average molecular weight is 663 g/mol. The van der Waals surface area contributed by atoms with E-state index in [0.717, 1.165) is 21.0 Å². The van der Waals surface area contributed by atoms with Crippen LogP contribution in [0.5, 0.6) is 5.75 Å². The summed E-state index contributed by atoms with van der Waals surface area (Å²) < 4.78 is 5.23. The number of aryl methyl sites for hydroxylation is 2. The first kappa shape index (κ1) is 33.2. The summed E-state index contributed by atoms with van der Waals surface area (Å²) in [5.41, 5.74) is 4.74. The van der Waals surface area contributed by atoms with Crippen molar-refractivity contribution in [1.82, 2.24) is 10.3 Å². The molecular weight excluding hydrogens is 629 g/mol. The van der Waals surface area contributed by atoms with Gasteiger partial charge in [0.1, 0.15) is 11.4 Å². The summed E-state index contributed by atoms with van der Waals surface area (Å²) in [6, 6.07) is 31.2. The van der Waals surface area contributed by atoms with Gasteiger partial charge in [-0.1, -0.05) is 66.2 Å². The maximum absolute atomic E-state index is 13.5. The molecule has 3 N–H and O–H groups in total. The lowest BCUT2D eigenvalue weighted by atomic mass is 10.1. The van der Waals surface area contributed by atoms with Crippen molar-refractivity contribution in [2.75, 3.05) is 17.7 Å². The molecule has 4 aromatic carbocycles. The zero-order valence-corrected chi connectivity index (χ0v) is 28.0. The first-order chi connectivity index (χ1) is 22.7. The molecule has 0 saturated heterocycles. The molecular formula is C37H34N4O4S2. The van der Waals surface area contributed by atoms with E-state index in [-0.39, 0.29) is 11.6 Å². The fraction of sp³-hybridized carbons (Fsp3) is 0.135. The molecule has 1 atom stereocenters. The molecule has 1 unspecified atom stereocenters. The third kappa shape index (κ3) is 8.96. The number of hydrogen-bond acceptors (Lipinski definition) is 7. The predicted octanol–water partition coefficient (Wildman–Crippen LogP) is 7.96. The van der Waals surface area contributed by atoms with E-state index in [0.29, 0.717) is 27.7 Å². The van der Waals surface area contributed by atoms with Gasteiger partial charge in [0.25, 0.3) is 11.8 Å². The van der Waals surface area contributed by atoms with E-state index >= 15 is 0 Å². The van der Waals surface area contributed by atoms with Crippen molar-refractivity contribution in [3.8, 4) is 17.0 Å². The monoisotopic (exact) mass is 662 g/mol. The van der Waals surface area contributed by atoms with Crippen LogP contribution in [0.15, 0.2) is 114 Å². The highest BCUT2D eigenvalue weighted by molar-refractivity contribution is 8.00. The maximum Gasteiger partial charge on any atom is 0.272 e. The molecule has 5 rings (SSSR count). The molecule has 238 valence electrons. The van der Waals surface area contributed by atoms with Crippen LogP contribution in [0.1, 0.15) is 33.3 Å². The molecule has 0 spiro atoms. The Morgan fingerprint density at radius 3 is 2.30 bits per heavy atom. The van der Waals surface area contributed by atoms with E-state index in [2.05, 4.69) is 20.9 Å². The van der Waals surface area contributed by atoms with Gasteiger partial charge in [0.2, 0.25) is 5.91 Å². The highest BCUT2D eigenvalue weighted by atomic mass is 32.2. The van der Waals surface area contributed by atoms with E-state index < -0.39 is 17.1 Å². The number of carbonyl (C=O) groups excluding carboxylic acids is 3. The number of aromatic nitrogens is 1. The Kier molecular flexibility index (Phi) is 10.9. The summed E-state index contributed by atoms with van der Waals surface area (Å²) in [4.78, 5) is 46.1. The lowest BCUT2D eigenvalue weighted by Gasteiger charge is -2.14. The van der Waals surface area contributed by atoms with Gasteiger partial charge >= 0.3 is 0 Å². The maximum atomic E-state index is 13.5. The highest BCUT2D eigenvalue weighted by Gasteiger charge is 2.19. The molecule has 0 saturated carbocycles. The van der Waals surface area contributed by atoms with Crippen LogP contribution in [-0.2, 0) is 9.59 Å². The lowest BCUT2D eigenvalue weighted by molar-refractivity contribution is -0.115. The third-order valence-electron chi connectivity index (χ3n) is 7.08. The van der Waals surface area contributed by atoms with Crippen LogP contribution in [0.25, 0.3) is 17.3 Å². The minimum absolute atomic E-state index is 0.0681. The quantitative estimate of drug-likeness (QED) is 0.0978. The van der Waals surface area contributed by atoms with Crippen molar-refractivity contribution in [3.05, 3.63) is 130 Å². The Morgan fingerprint density at radius 1 is 0.872 bits per heavy atom. The molecule has 3 amide bonds. The van der Waals surface area contributed by atoms with Crippen molar-refractivity contribution < 1.29 is 19.1 Å². The molecule has 8 nitrogen and oxygen atoms in total. The SMILES string of the molecule is COc1ccc(/C=C(/NC(=O)c2ccccc2)C(=O)Nc2cccc(SC(C)C(=O)Nc3nc(-c4ccc(C)cc4)c(C)s3)c2)cc1. The van der Waals surface area contributed by atoms with Gasteiger partial charge in [-0.25, -0.2) is 4.98 Å². The van der Waals surface area contributed by atoms with Gasteiger partial charge in [0.05, 0.1) is 18.1 Å². The predicted molar refractivity (Wildman–Crippen MR) is 191 cm³/mol. The number of thioether (sulfide) groups is 1. The van der Waals surface area contributed by atoms with Gasteiger partial charge in [0.15, 0.2) is 5.13 Å². The smallest absolute Gasteiger partial charge is 0.272 e. The molecule has 47 heavy (non-hydrogen) atoms. The molecule has 0 bridgehead atoms. The molecule has 0 aliphatic rings. The lowest BCUT2D eigenvalue weighted by Crippen LogP contribution is -2.30. The van der Waals surface area contributed by atoms with Crippen molar-refractivity contribution in [1.29, 1.82) is 0 Å². The second kappa shape index (κ2) is 15.4. The van der Waals surface area contributed by atoms with Gasteiger partial charge < -0.3 is 20.7 Å². The fourth-order valence-corrected chi connectivity index (χ4v) is 6.31.